The Kier molecular flexibility index (Phi) is 4.79. The van der Waals surface area contributed by atoms with Crippen molar-refractivity contribution in [2.24, 2.45) is 10.9 Å². The van der Waals surface area contributed by atoms with Crippen molar-refractivity contribution in [2.45, 2.75) is 13.3 Å². The molecule has 1 heterocycles. The van der Waals surface area contributed by atoms with Gasteiger partial charge in [-0.1, -0.05) is 18.7 Å². The maximum atomic E-state index is 10.8. The second-order valence-electron chi connectivity index (χ2n) is 3.31. The van der Waals surface area contributed by atoms with Gasteiger partial charge in [0.15, 0.2) is 5.17 Å². The van der Waals surface area contributed by atoms with Gasteiger partial charge in [-0.05, 0) is 5.92 Å². The summed E-state index contributed by atoms with van der Waals surface area (Å²) in [4.78, 5) is 15.1. The molecule has 0 aromatic rings. The van der Waals surface area contributed by atoms with E-state index in [0.29, 0.717) is 18.9 Å². The van der Waals surface area contributed by atoms with Gasteiger partial charge in [0.1, 0.15) is 0 Å². The molecule has 4 nitrogen and oxygen atoms in total. The van der Waals surface area contributed by atoms with Crippen LogP contribution in [-0.2, 0) is 9.53 Å². The van der Waals surface area contributed by atoms with Crippen molar-refractivity contribution in [3.63, 3.8) is 0 Å². The van der Waals surface area contributed by atoms with Gasteiger partial charge in [0.25, 0.3) is 0 Å². The average molecular weight is 216 g/mol. The van der Waals surface area contributed by atoms with E-state index in [0.717, 1.165) is 17.5 Å². The predicted octanol–water partition coefficient (Wildman–Crippen LogP) is 0.878. The lowest BCUT2D eigenvalue weighted by molar-refractivity contribution is -0.140. The Morgan fingerprint density at radius 2 is 2.57 bits per heavy atom. The number of carbonyl (C=O) groups is 1. The number of amidine groups is 1. The molecule has 1 unspecified atom stereocenters. The molecular formula is C9H16N2O2S. The molecule has 80 valence electrons. The number of aliphatic imine (C=N–C) groups is 1. The Morgan fingerprint density at radius 1 is 1.79 bits per heavy atom. The molecule has 5 heteroatoms. The van der Waals surface area contributed by atoms with Crippen LogP contribution in [0, 0.1) is 5.92 Å². The molecule has 0 spiro atoms. The van der Waals surface area contributed by atoms with Crippen molar-refractivity contribution in [2.75, 3.05) is 26.0 Å². The first-order chi connectivity index (χ1) is 6.72. The molecule has 0 bridgehead atoms. The lowest BCUT2D eigenvalue weighted by Crippen LogP contribution is -2.28. The van der Waals surface area contributed by atoms with Gasteiger partial charge in [-0.2, -0.15) is 0 Å². The summed E-state index contributed by atoms with van der Waals surface area (Å²) in [5.41, 5.74) is 0. The maximum Gasteiger partial charge on any atom is 0.307 e. The molecule has 0 aliphatic carbocycles. The monoisotopic (exact) mass is 216 g/mol. The molecule has 0 aromatic carbocycles. The molecule has 1 N–H and O–H groups in total. The number of hydrogen-bond acceptors (Lipinski definition) is 5. The maximum absolute atomic E-state index is 10.8. The molecule has 1 rings (SSSR count). The highest BCUT2D eigenvalue weighted by molar-refractivity contribution is 8.13. The predicted molar refractivity (Wildman–Crippen MR) is 58.6 cm³/mol. The summed E-state index contributed by atoms with van der Waals surface area (Å²) in [6, 6.07) is 0. The van der Waals surface area contributed by atoms with Crippen molar-refractivity contribution in [3.05, 3.63) is 0 Å². The fourth-order valence-corrected chi connectivity index (χ4v) is 1.96. The summed E-state index contributed by atoms with van der Waals surface area (Å²) in [6.45, 7) is 3.67. The van der Waals surface area contributed by atoms with E-state index in [1.165, 1.54) is 7.11 Å². The van der Waals surface area contributed by atoms with E-state index in [9.17, 15) is 4.79 Å². The minimum atomic E-state index is -0.188. The summed E-state index contributed by atoms with van der Waals surface area (Å²) in [6.07, 6.45) is 0.394. The summed E-state index contributed by atoms with van der Waals surface area (Å²) < 4.78 is 4.53. The number of nitrogens with zero attached hydrogens (tertiary/aromatic N) is 1. The Morgan fingerprint density at radius 3 is 3.14 bits per heavy atom. The van der Waals surface area contributed by atoms with Gasteiger partial charge in [-0.15, -0.1) is 0 Å². The average Bonchev–Trinajstić information content (AvgIpc) is 2.21. The molecule has 0 fully saturated rings. The van der Waals surface area contributed by atoms with Gasteiger partial charge in [0.05, 0.1) is 13.5 Å². The Hall–Kier alpha value is -0.710. The Balaban J connectivity index is 2.16. The van der Waals surface area contributed by atoms with Crippen molar-refractivity contribution < 1.29 is 9.53 Å². The fraction of sp³-hybridized carbons (Fsp3) is 0.778. The Labute approximate surface area is 88.5 Å². The Bertz CT molecular complexity index is 231. The van der Waals surface area contributed by atoms with Crippen LogP contribution >= 0.6 is 11.8 Å². The first-order valence-corrected chi connectivity index (χ1v) is 5.69. The number of nitrogens with one attached hydrogen (secondary N) is 1. The molecule has 0 saturated heterocycles. The van der Waals surface area contributed by atoms with Gasteiger partial charge >= 0.3 is 5.97 Å². The zero-order chi connectivity index (χ0) is 10.4. The highest BCUT2D eigenvalue weighted by Crippen LogP contribution is 2.15. The highest BCUT2D eigenvalue weighted by Gasteiger charge is 2.11. The van der Waals surface area contributed by atoms with Crippen LogP contribution < -0.4 is 5.32 Å². The smallest absolute Gasteiger partial charge is 0.307 e. The van der Waals surface area contributed by atoms with Crippen LogP contribution in [0.25, 0.3) is 0 Å². The minimum absolute atomic E-state index is 0.188. The first-order valence-electron chi connectivity index (χ1n) is 4.70. The van der Waals surface area contributed by atoms with Gasteiger partial charge in [-0.25, -0.2) is 0 Å². The van der Waals surface area contributed by atoms with E-state index < -0.39 is 0 Å². The normalized spacial score (nSPS) is 21.3. The van der Waals surface area contributed by atoms with Crippen LogP contribution in [0.2, 0.25) is 0 Å². The third kappa shape index (κ3) is 4.00. The molecule has 0 amide bonds. The molecule has 0 saturated carbocycles. The van der Waals surface area contributed by atoms with E-state index in [4.69, 9.17) is 0 Å². The van der Waals surface area contributed by atoms with Crippen molar-refractivity contribution in [3.8, 4) is 0 Å². The van der Waals surface area contributed by atoms with Crippen LogP contribution in [0.5, 0.6) is 0 Å². The summed E-state index contributed by atoms with van der Waals surface area (Å²) in [7, 11) is 1.40. The zero-order valence-electron chi connectivity index (χ0n) is 8.58. The molecule has 1 atom stereocenters. The lowest BCUT2D eigenvalue weighted by atomic mass is 10.2. The topological polar surface area (TPSA) is 50.7 Å². The summed E-state index contributed by atoms with van der Waals surface area (Å²) >= 11 is 1.72. The first kappa shape index (κ1) is 11.4. The van der Waals surface area contributed by atoms with E-state index in [1.807, 2.05) is 0 Å². The van der Waals surface area contributed by atoms with Gasteiger partial charge in [0, 0.05) is 18.8 Å². The van der Waals surface area contributed by atoms with Gasteiger partial charge in [0.2, 0.25) is 0 Å². The zero-order valence-corrected chi connectivity index (χ0v) is 9.39. The van der Waals surface area contributed by atoms with Crippen molar-refractivity contribution in [1.29, 1.82) is 0 Å². The van der Waals surface area contributed by atoms with Crippen molar-refractivity contribution in [1.82, 2.24) is 5.32 Å². The van der Waals surface area contributed by atoms with Crippen LogP contribution in [0.1, 0.15) is 13.3 Å². The number of ether oxygens (including phenoxy) is 1. The number of esters is 1. The minimum Gasteiger partial charge on any atom is -0.469 e. The highest BCUT2D eigenvalue weighted by atomic mass is 32.2. The van der Waals surface area contributed by atoms with Crippen LogP contribution in [0.3, 0.4) is 0 Å². The third-order valence-corrected chi connectivity index (χ3v) is 3.17. The standard InChI is InChI=1S/C9H16N2O2S/c1-7-5-11-9(14-6-7)10-4-3-8(12)13-2/h7H,3-6H2,1-2H3,(H,10,11). The van der Waals surface area contributed by atoms with Crippen molar-refractivity contribution >= 4 is 22.9 Å². The third-order valence-electron chi connectivity index (χ3n) is 1.88. The number of thioether (sulfide) groups is 1. The molecular weight excluding hydrogens is 200 g/mol. The molecule has 14 heavy (non-hydrogen) atoms. The number of rotatable bonds is 3. The molecule has 0 radical (unpaired) electrons. The van der Waals surface area contributed by atoms with E-state index in [1.54, 1.807) is 11.8 Å². The quantitative estimate of drug-likeness (QED) is 0.711. The van der Waals surface area contributed by atoms with Gasteiger partial charge < -0.3 is 10.1 Å². The van der Waals surface area contributed by atoms with Gasteiger partial charge in [-0.3, -0.25) is 9.79 Å². The van der Waals surface area contributed by atoms with E-state index >= 15 is 0 Å². The number of hydrogen-bond donors (Lipinski definition) is 1. The molecule has 1 aliphatic heterocycles. The molecule has 1 aliphatic rings. The second-order valence-corrected chi connectivity index (χ2v) is 4.32. The summed E-state index contributed by atoms with van der Waals surface area (Å²) in [5.74, 6) is 1.57. The van der Waals surface area contributed by atoms with E-state index in [-0.39, 0.29) is 5.97 Å². The second kappa shape index (κ2) is 5.90. The largest absolute Gasteiger partial charge is 0.469 e. The van der Waals surface area contributed by atoms with Crippen LogP contribution in [0.4, 0.5) is 0 Å². The van der Waals surface area contributed by atoms with Crippen LogP contribution in [0.15, 0.2) is 4.99 Å². The fourth-order valence-electron chi connectivity index (χ4n) is 1.04. The van der Waals surface area contributed by atoms with Crippen LogP contribution in [-0.4, -0.2) is 37.1 Å². The lowest BCUT2D eigenvalue weighted by Gasteiger charge is -2.17. The SMILES string of the molecule is COC(=O)CCNC1=NCC(C)CS1. The number of carbonyl (C=O) groups excluding carboxylic acids is 1. The van der Waals surface area contributed by atoms with E-state index in [2.05, 4.69) is 22.0 Å². The summed E-state index contributed by atoms with van der Waals surface area (Å²) in [5, 5.41) is 4.07. The number of methoxy groups -OCH3 is 1. The molecule has 0 aromatic heterocycles.